The summed E-state index contributed by atoms with van der Waals surface area (Å²) in [5, 5.41) is 7.85. The van der Waals surface area contributed by atoms with Crippen LogP contribution in [0.5, 0.6) is 0 Å². The number of nitrogens with zero attached hydrogens (tertiary/aromatic N) is 1. The van der Waals surface area contributed by atoms with Gasteiger partial charge in [-0.25, -0.2) is 8.42 Å². The van der Waals surface area contributed by atoms with Crippen molar-refractivity contribution in [1.29, 1.82) is 0 Å². The van der Waals surface area contributed by atoms with E-state index >= 15 is 0 Å². The predicted molar refractivity (Wildman–Crippen MR) is 93.8 cm³/mol. The van der Waals surface area contributed by atoms with Gasteiger partial charge in [0.25, 0.3) is 5.91 Å². The highest BCUT2D eigenvalue weighted by molar-refractivity contribution is 7.99. The van der Waals surface area contributed by atoms with E-state index in [9.17, 15) is 13.2 Å². The van der Waals surface area contributed by atoms with Crippen molar-refractivity contribution in [1.82, 2.24) is 14.9 Å². The van der Waals surface area contributed by atoms with Crippen LogP contribution < -0.4 is 10.6 Å². The molecule has 0 bridgehead atoms. The summed E-state index contributed by atoms with van der Waals surface area (Å²) >= 11 is 2.94. The van der Waals surface area contributed by atoms with E-state index in [2.05, 4.69) is 10.6 Å². The molecule has 0 spiro atoms. The lowest BCUT2D eigenvalue weighted by molar-refractivity contribution is 0.0951. The van der Waals surface area contributed by atoms with Gasteiger partial charge < -0.3 is 10.6 Å². The number of nitrogens with one attached hydrogen (secondary N) is 2. The Labute approximate surface area is 145 Å². The van der Waals surface area contributed by atoms with Crippen molar-refractivity contribution < 1.29 is 13.2 Å². The summed E-state index contributed by atoms with van der Waals surface area (Å²) in [6.45, 7) is 2.54. The van der Waals surface area contributed by atoms with Crippen LogP contribution in [-0.2, 0) is 10.0 Å². The van der Waals surface area contributed by atoms with E-state index in [0.29, 0.717) is 24.5 Å². The first kappa shape index (κ1) is 17.2. The monoisotopic (exact) mass is 375 g/mol. The van der Waals surface area contributed by atoms with Crippen molar-refractivity contribution in [2.45, 2.75) is 23.8 Å². The van der Waals surface area contributed by atoms with Crippen molar-refractivity contribution in [2.24, 2.45) is 0 Å². The summed E-state index contributed by atoms with van der Waals surface area (Å²) in [5.41, 5.74) is 0. The number of sulfonamides is 1. The van der Waals surface area contributed by atoms with Crippen molar-refractivity contribution in [3.8, 4) is 0 Å². The third-order valence-corrected chi connectivity index (χ3v) is 8.02. The van der Waals surface area contributed by atoms with Gasteiger partial charge in [-0.15, -0.1) is 11.3 Å². The van der Waals surface area contributed by atoms with Gasteiger partial charge in [0.15, 0.2) is 0 Å². The summed E-state index contributed by atoms with van der Waals surface area (Å²) in [5.74, 6) is 1.31. The summed E-state index contributed by atoms with van der Waals surface area (Å²) in [4.78, 5) is 12.8. The van der Waals surface area contributed by atoms with Gasteiger partial charge in [0.2, 0.25) is 10.0 Å². The van der Waals surface area contributed by atoms with Gasteiger partial charge in [-0.3, -0.25) is 4.79 Å². The van der Waals surface area contributed by atoms with E-state index in [1.807, 2.05) is 0 Å². The zero-order valence-electron chi connectivity index (χ0n) is 12.8. The Hall–Kier alpha value is -0.610. The third kappa shape index (κ3) is 3.90. The largest absolute Gasteiger partial charge is 0.350 e. The molecule has 3 heterocycles. The smallest absolute Gasteiger partial charge is 0.262 e. The van der Waals surface area contributed by atoms with Crippen LogP contribution in [0.25, 0.3) is 0 Å². The Morgan fingerprint density at radius 1 is 1.39 bits per heavy atom. The van der Waals surface area contributed by atoms with E-state index in [4.69, 9.17) is 0 Å². The quantitative estimate of drug-likeness (QED) is 0.802. The number of rotatable bonds is 5. The van der Waals surface area contributed by atoms with E-state index in [1.54, 1.807) is 23.2 Å². The van der Waals surface area contributed by atoms with Crippen LogP contribution in [-0.4, -0.2) is 62.4 Å². The summed E-state index contributed by atoms with van der Waals surface area (Å²) in [7, 11) is -3.58. The Kier molecular flexibility index (Phi) is 5.63. The maximum atomic E-state index is 12.8. The van der Waals surface area contributed by atoms with Crippen LogP contribution in [0.2, 0.25) is 0 Å². The maximum absolute atomic E-state index is 12.8. The van der Waals surface area contributed by atoms with Gasteiger partial charge in [0.05, 0.1) is 0 Å². The fourth-order valence-electron chi connectivity index (χ4n) is 2.82. The minimum atomic E-state index is -3.58. The first-order valence-corrected chi connectivity index (χ1v) is 11.2. The summed E-state index contributed by atoms with van der Waals surface area (Å²) < 4.78 is 27.0. The highest BCUT2D eigenvalue weighted by Crippen LogP contribution is 2.27. The van der Waals surface area contributed by atoms with Gasteiger partial charge in [-0.1, -0.05) is 0 Å². The minimum absolute atomic E-state index is 0.145. The molecule has 1 aromatic rings. The zero-order chi connectivity index (χ0) is 16.3. The number of thioether (sulfide) groups is 1. The fraction of sp³-hybridized carbons (Fsp3) is 0.643. The number of carbonyl (C=O) groups excluding carboxylic acids is 1. The molecule has 1 amide bonds. The molecule has 6 nitrogen and oxygen atoms in total. The van der Waals surface area contributed by atoms with Crippen LogP contribution in [0.4, 0.5) is 0 Å². The second kappa shape index (κ2) is 7.52. The van der Waals surface area contributed by atoms with E-state index in [-0.39, 0.29) is 16.8 Å². The molecule has 1 unspecified atom stereocenters. The minimum Gasteiger partial charge on any atom is -0.350 e. The topological polar surface area (TPSA) is 78.5 Å². The number of amides is 1. The standard InChI is InChI=1S/C14H21N3O3S3/c18-14(16-10-11-2-1-4-15-11)13-12(3-7-22-13)23(19,20)17-5-8-21-9-6-17/h3,7,11,15H,1-2,4-6,8-10H2,(H,16,18). The Bertz CT molecular complexity index is 647. The van der Waals surface area contributed by atoms with Gasteiger partial charge in [-0.05, 0) is 30.8 Å². The van der Waals surface area contributed by atoms with Crippen molar-refractivity contribution in [3.05, 3.63) is 16.3 Å². The summed E-state index contributed by atoms with van der Waals surface area (Å²) in [6.07, 6.45) is 2.16. The van der Waals surface area contributed by atoms with Crippen molar-refractivity contribution >= 4 is 39.0 Å². The lowest BCUT2D eigenvalue weighted by Gasteiger charge is -2.25. The molecule has 1 aromatic heterocycles. The first-order chi connectivity index (χ1) is 11.1. The Morgan fingerprint density at radius 3 is 2.87 bits per heavy atom. The second-order valence-corrected chi connectivity index (χ2v) is 9.68. The first-order valence-electron chi connectivity index (χ1n) is 7.76. The van der Waals surface area contributed by atoms with Crippen LogP contribution in [0.3, 0.4) is 0 Å². The molecule has 1 atom stereocenters. The molecule has 0 aliphatic carbocycles. The molecule has 2 N–H and O–H groups in total. The molecule has 0 saturated carbocycles. The second-order valence-electron chi connectivity index (χ2n) is 5.63. The predicted octanol–water partition coefficient (Wildman–Crippen LogP) is 0.967. The lowest BCUT2D eigenvalue weighted by atomic mass is 10.2. The fourth-order valence-corrected chi connectivity index (χ4v) is 6.71. The summed E-state index contributed by atoms with van der Waals surface area (Å²) in [6, 6.07) is 1.84. The number of hydrogen-bond donors (Lipinski definition) is 2. The number of thiophene rings is 1. The molecular formula is C14H21N3O3S3. The van der Waals surface area contributed by atoms with Gasteiger partial charge in [0, 0.05) is 37.2 Å². The molecule has 23 heavy (non-hydrogen) atoms. The molecule has 2 saturated heterocycles. The number of carbonyl (C=O) groups is 1. The van der Waals surface area contributed by atoms with Crippen molar-refractivity contribution in [2.75, 3.05) is 37.7 Å². The normalized spacial score (nSPS) is 23.0. The average Bonchev–Trinajstić information content (AvgIpc) is 3.25. The van der Waals surface area contributed by atoms with Crippen LogP contribution in [0.15, 0.2) is 16.3 Å². The van der Waals surface area contributed by atoms with Crippen molar-refractivity contribution in [3.63, 3.8) is 0 Å². The van der Waals surface area contributed by atoms with Crippen LogP contribution in [0.1, 0.15) is 22.5 Å². The molecule has 9 heteroatoms. The SMILES string of the molecule is O=C(NCC1CCCN1)c1sccc1S(=O)(=O)N1CCSCC1. The molecule has 2 aliphatic heterocycles. The van der Waals surface area contributed by atoms with Gasteiger partial charge >= 0.3 is 0 Å². The van der Waals surface area contributed by atoms with E-state index < -0.39 is 10.0 Å². The van der Waals surface area contributed by atoms with Crippen LogP contribution in [0, 0.1) is 0 Å². The van der Waals surface area contributed by atoms with Crippen LogP contribution >= 0.6 is 23.1 Å². The zero-order valence-corrected chi connectivity index (χ0v) is 15.2. The molecule has 2 fully saturated rings. The highest BCUT2D eigenvalue weighted by Gasteiger charge is 2.31. The number of hydrogen-bond acceptors (Lipinski definition) is 6. The van der Waals surface area contributed by atoms with E-state index in [0.717, 1.165) is 30.9 Å². The third-order valence-electron chi connectivity index (χ3n) is 4.09. The Morgan fingerprint density at radius 2 is 2.17 bits per heavy atom. The molecule has 0 aromatic carbocycles. The molecule has 2 aliphatic rings. The van der Waals surface area contributed by atoms with Gasteiger partial charge in [-0.2, -0.15) is 16.1 Å². The Balaban J connectivity index is 1.71. The maximum Gasteiger partial charge on any atom is 0.262 e. The molecule has 128 valence electrons. The van der Waals surface area contributed by atoms with E-state index in [1.165, 1.54) is 15.6 Å². The van der Waals surface area contributed by atoms with Gasteiger partial charge in [0.1, 0.15) is 9.77 Å². The lowest BCUT2D eigenvalue weighted by Crippen LogP contribution is -2.39. The average molecular weight is 376 g/mol. The molecule has 0 radical (unpaired) electrons. The highest BCUT2D eigenvalue weighted by atomic mass is 32.2. The molecular weight excluding hydrogens is 354 g/mol. The molecule has 3 rings (SSSR count).